The lowest BCUT2D eigenvalue weighted by Crippen LogP contribution is -1.98. The molecule has 5 heavy (non-hydrogen) atoms. The molecule has 0 amide bonds. The van der Waals surface area contributed by atoms with E-state index in [0.29, 0.717) is 6.73 Å². The smallest absolute Gasteiger partial charge is 0.0936 e. The molecule has 0 aliphatic heterocycles. The minimum atomic E-state index is 0. The average Bonchev–Trinajstić information content (AvgIpc) is 1.37. The van der Waals surface area contributed by atoms with Crippen LogP contribution in [0.3, 0.4) is 0 Å². The molecule has 0 saturated heterocycles. The van der Waals surface area contributed by atoms with E-state index in [1.807, 2.05) is 0 Å². The molecule has 0 atom stereocenters. The Balaban J connectivity index is 0. The van der Waals surface area contributed by atoms with E-state index in [2.05, 4.69) is 4.74 Å². The van der Waals surface area contributed by atoms with Crippen LogP contribution in [0.1, 0.15) is 0 Å². The molecule has 0 aromatic rings. The molecule has 0 saturated carbocycles. The van der Waals surface area contributed by atoms with E-state index >= 15 is 0 Å². The number of nitrogens with two attached hydrogens (primary N) is 1. The molecule has 0 aliphatic rings. The summed E-state index contributed by atoms with van der Waals surface area (Å²) in [6.07, 6.45) is 0. The minimum absolute atomic E-state index is 0. The number of hydrogen-bond acceptors (Lipinski definition) is 2. The van der Waals surface area contributed by atoms with Gasteiger partial charge in [0.25, 0.3) is 0 Å². The Kier molecular flexibility index (Phi) is 15.9. The normalized spacial score (nSPS) is 6.00. The van der Waals surface area contributed by atoms with E-state index in [9.17, 15) is 0 Å². The Labute approximate surface area is 37.7 Å². The summed E-state index contributed by atoms with van der Waals surface area (Å²) in [4.78, 5) is 0. The van der Waals surface area contributed by atoms with Crippen molar-refractivity contribution in [2.24, 2.45) is 5.73 Å². The van der Waals surface area contributed by atoms with Gasteiger partial charge in [0.05, 0.1) is 6.73 Å². The Morgan fingerprint density at radius 3 is 2.00 bits per heavy atom. The van der Waals surface area contributed by atoms with E-state index in [1.54, 1.807) is 7.11 Å². The van der Waals surface area contributed by atoms with E-state index in [4.69, 9.17) is 5.73 Å². The van der Waals surface area contributed by atoms with Crippen molar-refractivity contribution in [3.63, 3.8) is 0 Å². The van der Waals surface area contributed by atoms with E-state index < -0.39 is 0 Å². The van der Waals surface area contributed by atoms with Gasteiger partial charge in [0.2, 0.25) is 0 Å². The SMILES string of the molecule is COCN.Cl. The van der Waals surface area contributed by atoms with Gasteiger partial charge in [-0.15, -0.1) is 12.4 Å². The minimum Gasteiger partial charge on any atom is -0.370 e. The largest absolute Gasteiger partial charge is 0.370 e. The first-order chi connectivity index (χ1) is 1.91. The van der Waals surface area contributed by atoms with Crippen LogP contribution in [-0.4, -0.2) is 13.8 Å². The zero-order valence-electron chi connectivity index (χ0n) is 3.10. The van der Waals surface area contributed by atoms with E-state index in [1.165, 1.54) is 0 Å². The topological polar surface area (TPSA) is 35.2 Å². The Morgan fingerprint density at radius 2 is 2.00 bits per heavy atom. The maximum atomic E-state index is 4.81. The number of methoxy groups -OCH3 is 1. The summed E-state index contributed by atoms with van der Waals surface area (Å²) < 4.78 is 4.32. The summed E-state index contributed by atoms with van der Waals surface area (Å²) in [6, 6.07) is 0. The molecule has 0 aromatic carbocycles. The van der Waals surface area contributed by atoms with Crippen molar-refractivity contribution < 1.29 is 4.74 Å². The fraction of sp³-hybridized carbons (Fsp3) is 1.00. The van der Waals surface area contributed by atoms with Crippen LogP contribution in [0.4, 0.5) is 0 Å². The van der Waals surface area contributed by atoms with Gasteiger partial charge < -0.3 is 10.5 Å². The molecule has 2 N–H and O–H groups in total. The van der Waals surface area contributed by atoms with Crippen molar-refractivity contribution in [2.75, 3.05) is 13.8 Å². The third-order valence-electron chi connectivity index (χ3n) is 0.167. The van der Waals surface area contributed by atoms with Crippen LogP contribution < -0.4 is 5.73 Å². The molecule has 2 nitrogen and oxygen atoms in total. The zero-order chi connectivity index (χ0) is 3.41. The summed E-state index contributed by atoms with van der Waals surface area (Å²) in [5.41, 5.74) is 4.81. The lowest BCUT2D eigenvalue weighted by atomic mass is 11.3. The van der Waals surface area contributed by atoms with Crippen molar-refractivity contribution in [3.8, 4) is 0 Å². The van der Waals surface area contributed by atoms with Crippen molar-refractivity contribution in [2.45, 2.75) is 0 Å². The molecule has 0 rings (SSSR count). The van der Waals surface area contributed by atoms with Gasteiger partial charge in [-0.25, -0.2) is 0 Å². The van der Waals surface area contributed by atoms with Gasteiger partial charge in [0.1, 0.15) is 0 Å². The highest BCUT2D eigenvalue weighted by atomic mass is 35.5. The Morgan fingerprint density at radius 1 is 1.80 bits per heavy atom. The number of halogens is 1. The van der Waals surface area contributed by atoms with Gasteiger partial charge in [-0.2, -0.15) is 0 Å². The zero-order valence-corrected chi connectivity index (χ0v) is 3.92. The third-order valence-corrected chi connectivity index (χ3v) is 0.167. The highest BCUT2D eigenvalue weighted by Crippen LogP contribution is 1.40. The maximum Gasteiger partial charge on any atom is 0.0936 e. The van der Waals surface area contributed by atoms with Gasteiger partial charge >= 0.3 is 0 Å². The molecule has 0 bridgehead atoms. The molecule has 0 aliphatic carbocycles. The van der Waals surface area contributed by atoms with Gasteiger partial charge in [-0.3, -0.25) is 0 Å². The summed E-state index contributed by atoms with van der Waals surface area (Å²) in [5, 5.41) is 0. The highest BCUT2D eigenvalue weighted by Gasteiger charge is 1.50. The molecular formula is C2H8ClNO. The Bertz CT molecular complexity index is 11.6. The lowest BCUT2D eigenvalue weighted by molar-refractivity contribution is 0.207. The van der Waals surface area contributed by atoms with Crippen LogP contribution in [0, 0.1) is 0 Å². The second-order valence-electron chi connectivity index (χ2n) is 0.455. The molecular weight excluding hydrogens is 89.5 g/mol. The van der Waals surface area contributed by atoms with Gasteiger partial charge in [-0.1, -0.05) is 0 Å². The monoisotopic (exact) mass is 97.0 g/mol. The third kappa shape index (κ3) is 14.0. The van der Waals surface area contributed by atoms with Gasteiger partial charge in [0.15, 0.2) is 0 Å². The second-order valence-corrected chi connectivity index (χ2v) is 0.455. The van der Waals surface area contributed by atoms with E-state index in [0.717, 1.165) is 0 Å². The molecule has 0 radical (unpaired) electrons. The van der Waals surface area contributed by atoms with Crippen LogP contribution in [0.5, 0.6) is 0 Å². The van der Waals surface area contributed by atoms with Crippen molar-refractivity contribution in [1.82, 2.24) is 0 Å². The van der Waals surface area contributed by atoms with Crippen molar-refractivity contribution in [3.05, 3.63) is 0 Å². The first kappa shape index (κ1) is 8.96. The maximum absolute atomic E-state index is 4.81. The summed E-state index contributed by atoms with van der Waals surface area (Å²) in [6.45, 7) is 0.319. The molecule has 0 unspecified atom stereocenters. The first-order valence-corrected chi connectivity index (χ1v) is 1.11. The van der Waals surface area contributed by atoms with E-state index in [-0.39, 0.29) is 12.4 Å². The van der Waals surface area contributed by atoms with Crippen LogP contribution >= 0.6 is 12.4 Å². The quantitative estimate of drug-likeness (QED) is 0.467. The number of ether oxygens (including phenoxy) is 1. The fourth-order valence-electron chi connectivity index (χ4n) is 0. The van der Waals surface area contributed by atoms with Crippen molar-refractivity contribution in [1.29, 1.82) is 0 Å². The molecule has 0 spiro atoms. The Hall–Kier alpha value is 0.210. The van der Waals surface area contributed by atoms with Gasteiger partial charge in [0, 0.05) is 7.11 Å². The number of hydrogen-bond donors (Lipinski definition) is 1. The predicted octanol–water partition coefficient (Wildman–Crippen LogP) is -0.0292. The highest BCUT2D eigenvalue weighted by molar-refractivity contribution is 5.85. The van der Waals surface area contributed by atoms with Crippen LogP contribution in [0.25, 0.3) is 0 Å². The molecule has 0 aromatic heterocycles. The molecule has 34 valence electrons. The standard InChI is InChI=1S/C2H7NO.ClH/c1-4-2-3;/h2-3H2,1H3;1H. The molecule has 3 heteroatoms. The summed E-state index contributed by atoms with van der Waals surface area (Å²) in [5.74, 6) is 0. The second kappa shape index (κ2) is 8.88. The average molecular weight is 97.5 g/mol. The first-order valence-electron chi connectivity index (χ1n) is 1.11. The number of rotatable bonds is 1. The van der Waals surface area contributed by atoms with Crippen LogP contribution in [-0.2, 0) is 4.74 Å². The lowest BCUT2D eigenvalue weighted by Gasteiger charge is -1.77. The van der Waals surface area contributed by atoms with Gasteiger partial charge in [-0.05, 0) is 0 Å². The summed E-state index contributed by atoms with van der Waals surface area (Å²) >= 11 is 0. The predicted molar refractivity (Wildman–Crippen MR) is 23.3 cm³/mol. The van der Waals surface area contributed by atoms with Crippen LogP contribution in [0.2, 0.25) is 0 Å². The van der Waals surface area contributed by atoms with Crippen LogP contribution in [0.15, 0.2) is 0 Å². The fourth-order valence-corrected chi connectivity index (χ4v) is 0. The molecule has 0 fully saturated rings. The molecule has 0 heterocycles. The van der Waals surface area contributed by atoms with Crippen molar-refractivity contribution >= 4 is 12.4 Å². The summed E-state index contributed by atoms with van der Waals surface area (Å²) in [7, 11) is 1.56.